The summed E-state index contributed by atoms with van der Waals surface area (Å²) in [5.74, 6) is 1.16. The lowest BCUT2D eigenvalue weighted by Gasteiger charge is -2.32. The highest BCUT2D eigenvalue weighted by Gasteiger charge is 2.30. The van der Waals surface area contributed by atoms with Crippen molar-refractivity contribution in [1.82, 2.24) is 5.32 Å². The molecule has 2 rings (SSSR count). The molecule has 188 valence electrons. The van der Waals surface area contributed by atoms with Gasteiger partial charge in [0.15, 0.2) is 0 Å². The highest BCUT2D eigenvalue weighted by atomic mass is 16.5. The number of carbonyl (C=O) groups excluding carboxylic acids is 1. The number of hydrogen-bond donors (Lipinski definition) is 1. The fourth-order valence-electron chi connectivity index (χ4n) is 4.03. The molecule has 4 nitrogen and oxygen atoms in total. The van der Waals surface area contributed by atoms with E-state index >= 15 is 0 Å². The van der Waals surface area contributed by atoms with Gasteiger partial charge in [0.25, 0.3) is 0 Å². The van der Waals surface area contributed by atoms with Crippen LogP contribution in [0.4, 0.5) is 0 Å². The van der Waals surface area contributed by atoms with E-state index < -0.39 is 6.04 Å². The maximum atomic E-state index is 13.2. The molecule has 4 heteroatoms. The fourth-order valence-corrected chi connectivity index (χ4v) is 4.03. The van der Waals surface area contributed by atoms with Gasteiger partial charge in [-0.05, 0) is 88.6 Å². The van der Waals surface area contributed by atoms with Crippen LogP contribution in [0.3, 0.4) is 0 Å². The Labute approximate surface area is 207 Å². The molecule has 0 saturated carbocycles. The zero-order valence-electron chi connectivity index (χ0n) is 22.4. The molecule has 0 aromatic heterocycles. The molecule has 0 aliphatic carbocycles. The molecule has 2 atom stereocenters. The maximum Gasteiger partial charge on any atom is 0.334 e. The summed E-state index contributed by atoms with van der Waals surface area (Å²) in [5.41, 5.74) is 3.74. The second-order valence-corrected chi connectivity index (χ2v) is 10.3. The molecule has 0 saturated heterocycles. The number of esters is 1. The minimum absolute atomic E-state index is 0.0736. The predicted molar refractivity (Wildman–Crippen MR) is 143 cm³/mol. The summed E-state index contributed by atoms with van der Waals surface area (Å²) in [6, 6.07) is 3.69. The van der Waals surface area contributed by atoms with Gasteiger partial charge in [0.05, 0.1) is 5.56 Å². The number of aryl methyl sites for hydroxylation is 1. The van der Waals surface area contributed by atoms with Crippen molar-refractivity contribution in [3.8, 4) is 11.5 Å². The van der Waals surface area contributed by atoms with E-state index in [1.807, 2.05) is 26.8 Å². The number of unbranched alkanes of at least 4 members (excludes halogenated alkanes) is 2. The molecule has 2 unspecified atom stereocenters. The van der Waals surface area contributed by atoms with Crippen LogP contribution < -0.4 is 14.8 Å². The first-order chi connectivity index (χ1) is 16.1. The van der Waals surface area contributed by atoms with E-state index in [2.05, 4.69) is 63.9 Å². The Kier molecular flexibility index (Phi) is 10.5. The molecule has 1 N–H and O–H groups in total. The average molecular weight is 468 g/mol. The molecule has 1 aliphatic heterocycles. The van der Waals surface area contributed by atoms with E-state index in [4.69, 9.17) is 9.47 Å². The Morgan fingerprint density at radius 3 is 2.59 bits per heavy atom. The second-order valence-electron chi connectivity index (χ2n) is 10.3. The number of carbonyl (C=O) groups is 1. The van der Waals surface area contributed by atoms with E-state index in [0.717, 1.165) is 61.1 Å². The molecule has 34 heavy (non-hydrogen) atoms. The lowest BCUT2D eigenvalue weighted by atomic mass is 9.93. The van der Waals surface area contributed by atoms with Crippen LogP contribution in [0.5, 0.6) is 11.5 Å². The van der Waals surface area contributed by atoms with Crippen LogP contribution >= 0.6 is 0 Å². The number of hydrogen-bond acceptors (Lipinski definition) is 4. The Hall–Kier alpha value is -2.49. The molecule has 1 aliphatic rings. The molecule has 0 bridgehead atoms. The Morgan fingerprint density at radius 2 is 1.97 bits per heavy atom. The Bertz CT molecular complexity index is 908. The third-order valence-electron chi connectivity index (χ3n) is 6.29. The highest BCUT2D eigenvalue weighted by Crippen LogP contribution is 2.40. The van der Waals surface area contributed by atoms with Crippen LogP contribution in [-0.2, 0) is 11.2 Å². The summed E-state index contributed by atoms with van der Waals surface area (Å²) < 4.78 is 12.5. The van der Waals surface area contributed by atoms with Crippen molar-refractivity contribution >= 4 is 12.0 Å². The summed E-state index contributed by atoms with van der Waals surface area (Å²) >= 11 is 0. The topological polar surface area (TPSA) is 47.6 Å². The zero-order valence-corrected chi connectivity index (χ0v) is 22.4. The summed E-state index contributed by atoms with van der Waals surface area (Å²) in [5, 5.41) is 3.24. The van der Waals surface area contributed by atoms with Gasteiger partial charge in [-0.15, -0.1) is 0 Å². The number of ether oxygens (including phenoxy) is 2. The summed E-state index contributed by atoms with van der Waals surface area (Å²) in [7, 11) is 0. The first kappa shape index (κ1) is 27.8. The highest BCUT2D eigenvalue weighted by molar-refractivity contribution is 5.81. The molecular formula is C30H45NO3. The van der Waals surface area contributed by atoms with Crippen molar-refractivity contribution in [3.63, 3.8) is 0 Å². The van der Waals surface area contributed by atoms with Crippen molar-refractivity contribution in [2.24, 2.45) is 5.92 Å². The number of allylic oxidation sites excluding steroid dienone is 3. The van der Waals surface area contributed by atoms with Gasteiger partial charge in [0, 0.05) is 5.70 Å². The third-order valence-corrected chi connectivity index (χ3v) is 6.29. The van der Waals surface area contributed by atoms with Gasteiger partial charge in [-0.3, -0.25) is 0 Å². The molecule has 0 fully saturated rings. The SMILES string of the molecule is C=C(CC)NC(C(=O)Oc1cc(CCCCC)cc2c1C=CC(C)(CCC=C(C)C)O2)C(C)C. The molecule has 1 heterocycles. The molecule has 0 spiro atoms. The van der Waals surface area contributed by atoms with E-state index in [1.165, 1.54) is 12.0 Å². The van der Waals surface area contributed by atoms with Gasteiger partial charge in [-0.2, -0.15) is 0 Å². The number of rotatable bonds is 13. The van der Waals surface area contributed by atoms with Gasteiger partial charge in [-0.25, -0.2) is 4.79 Å². The smallest absolute Gasteiger partial charge is 0.334 e. The maximum absolute atomic E-state index is 13.2. The quantitative estimate of drug-likeness (QED) is 0.139. The normalized spacial score (nSPS) is 17.5. The van der Waals surface area contributed by atoms with Crippen LogP contribution in [-0.4, -0.2) is 17.6 Å². The van der Waals surface area contributed by atoms with E-state index in [1.54, 1.807) is 0 Å². The minimum Gasteiger partial charge on any atom is -0.483 e. The van der Waals surface area contributed by atoms with Crippen molar-refractivity contribution in [1.29, 1.82) is 0 Å². The summed E-state index contributed by atoms with van der Waals surface area (Å²) in [6.45, 7) is 18.6. The lowest BCUT2D eigenvalue weighted by molar-refractivity contribution is -0.137. The number of nitrogens with one attached hydrogen (secondary N) is 1. The van der Waals surface area contributed by atoms with Crippen LogP contribution in [0.2, 0.25) is 0 Å². The number of fused-ring (bicyclic) bond motifs is 1. The standard InChI is InChI=1S/C30H45NO3/c1-9-11-12-15-24-19-26(33-29(32)28(22(5)6)31-23(7)10-2)25-16-18-30(8,34-27(25)20-24)17-13-14-21(3)4/h14,16,18-20,22,28,31H,7,9-13,15,17H2,1-6,8H3. The van der Waals surface area contributed by atoms with Crippen molar-refractivity contribution < 1.29 is 14.3 Å². The van der Waals surface area contributed by atoms with Gasteiger partial charge in [-0.1, -0.05) is 58.8 Å². The molecule has 1 aromatic rings. The average Bonchev–Trinajstić information content (AvgIpc) is 2.76. The largest absolute Gasteiger partial charge is 0.483 e. The minimum atomic E-state index is -0.449. The zero-order chi connectivity index (χ0) is 25.3. The molecular weight excluding hydrogens is 422 g/mol. The lowest BCUT2D eigenvalue weighted by Crippen LogP contribution is -2.42. The van der Waals surface area contributed by atoms with Gasteiger partial charge in [0.1, 0.15) is 23.1 Å². The second kappa shape index (κ2) is 12.8. The van der Waals surface area contributed by atoms with Gasteiger partial charge < -0.3 is 14.8 Å². The van der Waals surface area contributed by atoms with Crippen LogP contribution in [0.15, 0.2) is 42.1 Å². The van der Waals surface area contributed by atoms with Crippen molar-refractivity contribution in [2.45, 2.75) is 105 Å². The van der Waals surface area contributed by atoms with Crippen molar-refractivity contribution in [3.05, 3.63) is 53.3 Å². The Balaban J connectivity index is 2.34. The van der Waals surface area contributed by atoms with E-state index in [0.29, 0.717) is 5.75 Å². The van der Waals surface area contributed by atoms with Crippen LogP contribution in [0.1, 0.15) is 98.1 Å². The number of benzene rings is 1. The monoisotopic (exact) mass is 467 g/mol. The predicted octanol–water partition coefficient (Wildman–Crippen LogP) is 7.77. The Morgan fingerprint density at radius 1 is 1.24 bits per heavy atom. The van der Waals surface area contributed by atoms with Crippen molar-refractivity contribution in [2.75, 3.05) is 0 Å². The van der Waals surface area contributed by atoms with Gasteiger partial charge >= 0.3 is 5.97 Å². The van der Waals surface area contributed by atoms with E-state index in [9.17, 15) is 4.79 Å². The molecule has 0 amide bonds. The third kappa shape index (κ3) is 8.07. The fraction of sp³-hybridized carbons (Fsp3) is 0.567. The first-order valence-electron chi connectivity index (χ1n) is 12.9. The van der Waals surface area contributed by atoms with Crippen LogP contribution in [0.25, 0.3) is 6.08 Å². The van der Waals surface area contributed by atoms with E-state index in [-0.39, 0.29) is 17.5 Å². The van der Waals surface area contributed by atoms with Gasteiger partial charge in [0.2, 0.25) is 0 Å². The summed E-state index contributed by atoms with van der Waals surface area (Å²) in [4.78, 5) is 13.2. The van der Waals surface area contributed by atoms with Crippen LogP contribution in [0, 0.1) is 5.92 Å². The summed E-state index contributed by atoms with van der Waals surface area (Å²) in [6.07, 6.45) is 13.4. The molecule has 0 radical (unpaired) electrons. The first-order valence-corrected chi connectivity index (χ1v) is 12.9. The molecule has 1 aromatic carbocycles.